The summed E-state index contributed by atoms with van der Waals surface area (Å²) >= 11 is 0. The van der Waals surface area contributed by atoms with Crippen LogP contribution in [0.3, 0.4) is 0 Å². The summed E-state index contributed by atoms with van der Waals surface area (Å²) in [5, 5.41) is 32.6. The van der Waals surface area contributed by atoms with Crippen LogP contribution in [0.15, 0.2) is 126 Å². The van der Waals surface area contributed by atoms with Crippen LogP contribution in [0, 0.1) is 6.92 Å². The molecule has 0 radical (unpaired) electrons. The third-order valence-electron chi connectivity index (χ3n) is 7.63. The van der Waals surface area contributed by atoms with E-state index >= 15 is 0 Å². The van der Waals surface area contributed by atoms with E-state index in [0.717, 1.165) is 24.3 Å². The maximum absolute atomic E-state index is 12.1. The van der Waals surface area contributed by atoms with Crippen molar-refractivity contribution in [2.24, 2.45) is 20.5 Å². The number of hydrogen-bond acceptors (Lipinski definition) is 17. The molecule has 0 amide bonds. The smallest absolute Gasteiger partial charge is 0.320 e. The summed E-state index contributed by atoms with van der Waals surface area (Å²) in [5.74, 6) is 0.175. The van der Waals surface area contributed by atoms with Gasteiger partial charge in [-0.15, -0.1) is 0 Å². The maximum Gasteiger partial charge on any atom is 0.320 e. The van der Waals surface area contributed by atoms with Crippen LogP contribution in [0.25, 0.3) is 10.8 Å². The second-order valence-corrected chi connectivity index (χ2v) is 15.8. The number of methoxy groups -OCH3 is 1. The van der Waals surface area contributed by atoms with Crippen LogP contribution in [-0.2, 0) is 30.4 Å². The van der Waals surface area contributed by atoms with E-state index in [0.29, 0.717) is 28.3 Å². The Balaban J connectivity index is 1.18. The van der Waals surface area contributed by atoms with Crippen LogP contribution in [-0.4, -0.2) is 66.1 Å². The normalized spacial score (nSPS) is 12.4. The van der Waals surface area contributed by atoms with E-state index < -0.39 is 46.2 Å². The molecule has 56 heavy (non-hydrogen) atoms. The van der Waals surface area contributed by atoms with Gasteiger partial charge >= 0.3 is 6.01 Å². The number of aryl methyl sites for hydroxylation is 1. The lowest BCUT2D eigenvalue weighted by Gasteiger charge is -2.12. The van der Waals surface area contributed by atoms with Gasteiger partial charge in [0.15, 0.2) is 0 Å². The standard InChI is InChI=1S/C33H27N9O11S3/c1-18-12-20(7-10-27(18)42-41-23-13-19-6-9-25(55(47,48)49)17-26(19)30(16-23)56(50,51)52)34-31-36-32(38-33(43)37-31)35-28-11-8-22(15-29(28)53-2)40-39-21-4-3-5-24(14-21)54(44,45)46/h3-17H,1-2H3,(H,44,45,46)(H,47,48,49)(H,50,51,52)(H3,34,35,36,37,38,43). The Labute approximate surface area is 318 Å². The molecule has 0 fully saturated rings. The molecule has 0 spiro atoms. The Bertz CT molecular complexity index is 2930. The van der Waals surface area contributed by atoms with Crippen molar-refractivity contribution < 1.29 is 48.8 Å². The number of azo groups is 2. The Kier molecular flexibility index (Phi) is 10.7. The van der Waals surface area contributed by atoms with Crippen molar-refractivity contribution in [2.75, 3.05) is 17.7 Å². The summed E-state index contributed by atoms with van der Waals surface area (Å²) in [4.78, 5) is 10.6. The van der Waals surface area contributed by atoms with Gasteiger partial charge in [0.05, 0.1) is 45.3 Å². The van der Waals surface area contributed by atoms with E-state index in [4.69, 9.17) is 4.74 Å². The van der Waals surface area contributed by atoms with Crippen molar-refractivity contribution in [2.45, 2.75) is 21.6 Å². The minimum Gasteiger partial charge on any atom is -0.494 e. The van der Waals surface area contributed by atoms with E-state index in [1.807, 2.05) is 0 Å². The Hall–Kier alpha value is -6.50. The number of nitrogens with zero attached hydrogens (tertiary/aromatic N) is 7. The fourth-order valence-electron chi connectivity index (χ4n) is 5.07. The molecule has 0 aliphatic carbocycles. The van der Waals surface area contributed by atoms with E-state index in [2.05, 4.69) is 46.0 Å². The van der Waals surface area contributed by atoms with Crippen LogP contribution >= 0.6 is 0 Å². The third kappa shape index (κ3) is 9.41. The van der Waals surface area contributed by atoms with Crippen LogP contribution in [0.2, 0.25) is 0 Å². The molecule has 0 atom stereocenters. The second-order valence-electron chi connectivity index (χ2n) is 11.6. The molecule has 0 saturated carbocycles. The molecule has 5 aromatic carbocycles. The lowest BCUT2D eigenvalue weighted by Crippen LogP contribution is -2.04. The first-order chi connectivity index (χ1) is 26.3. The van der Waals surface area contributed by atoms with Gasteiger partial charge in [-0.25, -0.2) is 0 Å². The summed E-state index contributed by atoms with van der Waals surface area (Å²) in [7, 11) is -12.5. The van der Waals surface area contributed by atoms with E-state index in [9.17, 15) is 44.0 Å². The molecule has 288 valence electrons. The van der Waals surface area contributed by atoms with Crippen LogP contribution in [0.5, 0.6) is 11.8 Å². The molecular formula is C33H27N9O11S3. The predicted octanol–water partition coefficient (Wildman–Crippen LogP) is 7.11. The molecule has 6 rings (SSSR count). The molecule has 0 saturated heterocycles. The minimum atomic E-state index is -4.84. The van der Waals surface area contributed by atoms with Crippen LogP contribution in [0.4, 0.5) is 46.0 Å². The number of anilines is 4. The van der Waals surface area contributed by atoms with Gasteiger partial charge in [0.25, 0.3) is 30.4 Å². The number of ether oxygens (including phenoxy) is 1. The number of rotatable bonds is 12. The first kappa shape index (κ1) is 39.2. The Morgan fingerprint density at radius 1 is 0.625 bits per heavy atom. The van der Waals surface area contributed by atoms with Crippen molar-refractivity contribution in [3.63, 3.8) is 0 Å². The van der Waals surface area contributed by atoms with Crippen LogP contribution in [0.1, 0.15) is 5.56 Å². The van der Waals surface area contributed by atoms with Crippen molar-refractivity contribution in [1.82, 2.24) is 15.0 Å². The van der Waals surface area contributed by atoms with Gasteiger partial charge in [0.2, 0.25) is 11.9 Å². The highest BCUT2D eigenvalue weighted by Crippen LogP contribution is 2.34. The molecule has 20 nitrogen and oxygen atoms in total. The number of aromatic nitrogens is 3. The fourth-order valence-corrected chi connectivity index (χ4v) is 6.82. The van der Waals surface area contributed by atoms with E-state index in [-0.39, 0.29) is 44.7 Å². The van der Waals surface area contributed by atoms with Crippen molar-refractivity contribution in [3.05, 3.63) is 96.6 Å². The minimum absolute atomic E-state index is 0.0201. The first-order valence-electron chi connectivity index (χ1n) is 15.6. The number of hydrogen-bond donors (Lipinski definition) is 6. The highest BCUT2D eigenvalue weighted by atomic mass is 32.2. The monoisotopic (exact) mass is 821 g/mol. The molecule has 1 aromatic heterocycles. The number of benzene rings is 5. The van der Waals surface area contributed by atoms with Gasteiger partial charge in [-0.1, -0.05) is 12.1 Å². The average molecular weight is 822 g/mol. The highest BCUT2D eigenvalue weighted by Gasteiger charge is 2.19. The molecule has 0 unspecified atom stereocenters. The zero-order valence-electron chi connectivity index (χ0n) is 28.7. The molecule has 6 aromatic rings. The predicted molar refractivity (Wildman–Crippen MR) is 200 cm³/mol. The largest absolute Gasteiger partial charge is 0.494 e. The molecule has 1 heterocycles. The fraction of sp³-hybridized carbons (Fsp3) is 0.0606. The molecular weight excluding hydrogens is 795 g/mol. The number of aromatic hydroxyl groups is 1. The summed E-state index contributed by atoms with van der Waals surface area (Å²) < 4.78 is 104. The number of fused-ring (bicyclic) bond motifs is 1. The topological polar surface area (TPSA) is 305 Å². The van der Waals surface area contributed by atoms with Crippen molar-refractivity contribution in [3.8, 4) is 11.8 Å². The van der Waals surface area contributed by atoms with Crippen LogP contribution < -0.4 is 15.4 Å². The quantitative estimate of drug-likeness (QED) is 0.0529. The summed E-state index contributed by atoms with van der Waals surface area (Å²) in [6.07, 6.45) is 0. The van der Waals surface area contributed by atoms with E-state index in [1.165, 1.54) is 43.5 Å². The Morgan fingerprint density at radius 3 is 1.95 bits per heavy atom. The number of nitrogens with one attached hydrogen (secondary N) is 2. The second kappa shape index (κ2) is 15.3. The SMILES string of the molecule is COc1cc(N=Nc2cccc(S(=O)(=O)O)c2)ccc1Nc1nc(O)nc(Nc2ccc(N=Nc3cc(S(=O)(=O)O)c4cc(S(=O)(=O)O)ccc4c3)c(C)c2)n1. The Morgan fingerprint density at radius 2 is 1.29 bits per heavy atom. The summed E-state index contributed by atoms with van der Waals surface area (Å²) in [6, 6.07) is 19.8. The maximum atomic E-state index is 12.1. The average Bonchev–Trinajstić information content (AvgIpc) is 3.12. The first-order valence-corrected chi connectivity index (χ1v) is 19.9. The van der Waals surface area contributed by atoms with E-state index in [1.54, 1.807) is 37.3 Å². The van der Waals surface area contributed by atoms with Gasteiger partial charge in [0, 0.05) is 17.1 Å². The van der Waals surface area contributed by atoms with Gasteiger partial charge < -0.3 is 20.5 Å². The van der Waals surface area contributed by atoms with Gasteiger partial charge in [-0.2, -0.15) is 60.7 Å². The molecule has 0 aliphatic heterocycles. The van der Waals surface area contributed by atoms with Crippen molar-refractivity contribution >= 4 is 87.1 Å². The molecule has 23 heteroatoms. The van der Waals surface area contributed by atoms with Crippen molar-refractivity contribution in [1.29, 1.82) is 0 Å². The highest BCUT2D eigenvalue weighted by molar-refractivity contribution is 7.86. The summed E-state index contributed by atoms with van der Waals surface area (Å²) in [6.45, 7) is 1.71. The molecule has 0 bridgehead atoms. The molecule has 6 N–H and O–H groups in total. The third-order valence-corrected chi connectivity index (χ3v) is 10.2. The van der Waals surface area contributed by atoms with Gasteiger partial charge in [-0.05, 0) is 90.7 Å². The zero-order chi connectivity index (χ0) is 40.4. The van der Waals surface area contributed by atoms with Gasteiger partial charge in [-0.3, -0.25) is 13.7 Å². The lowest BCUT2D eigenvalue weighted by atomic mass is 10.1. The summed E-state index contributed by atoms with van der Waals surface area (Å²) in [5.41, 5.74) is 2.34. The molecule has 0 aliphatic rings. The van der Waals surface area contributed by atoms with Gasteiger partial charge in [0.1, 0.15) is 10.6 Å². The zero-order valence-corrected chi connectivity index (χ0v) is 31.1. The lowest BCUT2D eigenvalue weighted by molar-refractivity contribution is 0.416.